The number of fused-ring (bicyclic) bond motifs is 7. The first-order valence-electron chi connectivity index (χ1n) is 25.6. The number of carboxylic acid groups (broad SMARTS) is 1. The van der Waals surface area contributed by atoms with E-state index < -0.39 is 33.2 Å². The lowest BCUT2D eigenvalue weighted by Gasteiger charge is -2.73. The van der Waals surface area contributed by atoms with Gasteiger partial charge in [-0.05, 0) is 140 Å². The van der Waals surface area contributed by atoms with Crippen molar-refractivity contribution in [1.29, 1.82) is 0 Å². The predicted molar refractivity (Wildman–Crippen MR) is 249 cm³/mol. The summed E-state index contributed by atoms with van der Waals surface area (Å²) in [6.45, 7) is 22.4. The molecule has 0 spiro atoms. The summed E-state index contributed by atoms with van der Waals surface area (Å²) in [5.74, 6) is 1.18. The molecule has 7 aliphatic carbocycles. The highest BCUT2D eigenvalue weighted by Gasteiger charge is 2.72. The number of methoxy groups -OCH3 is 1. The molecule has 0 unspecified atom stereocenters. The second-order valence-corrected chi connectivity index (χ2v) is 27.1. The van der Waals surface area contributed by atoms with Gasteiger partial charge in [0.05, 0.1) is 43.2 Å². The van der Waals surface area contributed by atoms with Gasteiger partial charge in [0.25, 0.3) is 0 Å². The molecule has 13 atom stereocenters. The molecular weight excluding hydrogens is 847 g/mol. The number of aliphatic carboxylic acids is 1. The molecule has 0 aromatic rings. The smallest absolute Gasteiger partial charge is 0.407 e. The number of esters is 1. The summed E-state index contributed by atoms with van der Waals surface area (Å²) in [7, 11) is -1.46. The first-order chi connectivity index (χ1) is 30.5. The van der Waals surface area contributed by atoms with E-state index in [9.17, 15) is 27.9 Å². The van der Waals surface area contributed by atoms with Crippen LogP contribution in [0.3, 0.4) is 0 Å². The normalized spacial score (nSPS) is 42.4. The average Bonchev–Trinajstić information content (AvgIpc) is 3.86. The van der Waals surface area contributed by atoms with E-state index in [2.05, 4.69) is 57.1 Å². The molecule has 65 heavy (non-hydrogen) atoms. The van der Waals surface area contributed by atoms with Crippen molar-refractivity contribution in [3.05, 3.63) is 0 Å². The highest BCUT2D eigenvalue weighted by molar-refractivity contribution is 7.91. The molecule has 8 fully saturated rings. The monoisotopic (exact) mass is 932 g/mol. The van der Waals surface area contributed by atoms with Crippen LogP contribution < -0.4 is 10.6 Å². The Morgan fingerprint density at radius 3 is 2.09 bits per heavy atom. The van der Waals surface area contributed by atoms with Crippen LogP contribution >= 0.6 is 0 Å². The van der Waals surface area contributed by atoms with Crippen molar-refractivity contribution in [1.82, 2.24) is 15.5 Å². The van der Waals surface area contributed by atoms with Crippen LogP contribution in [0.5, 0.6) is 0 Å². The Morgan fingerprint density at radius 2 is 1.43 bits per heavy atom. The fraction of sp³-hybridized carbons (Fsp3) is 0.941. The molecule has 370 valence electrons. The summed E-state index contributed by atoms with van der Waals surface area (Å²) in [6, 6.07) is -0.0713. The first kappa shape index (κ1) is 49.4. The lowest BCUT2D eigenvalue weighted by Crippen LogP contribution is -2.69. The zero-order chi connectivity index (χ0) is 47.0. The van der Waals surface area contributed by atoms with Gasteiger partial charge in [-0.15, -0.1) is 0 Å². The average molecular weight is 932 g/mol. The minimum absolute atomic E-state index is 0.00563. The van der Waals surface area contributed by atoms with Crippen molar-refractivity contribution in [3.8, 4) is 0 Å². The molecule has 1 amide bonds. The highest BCUT2D eigenvalue weighted by atomic mass is 32.2. The Hall–Kier alpha value is -2.00. The van der Waals surface area contributed by atoms with Gasteiger partial charge in [0.2, 0.25) is 0 Å². The van der Waals surface area contributed by atoms with Crippen molar-refractivity contribution < 1.29 is 46.9 Å². The molecule has 7 saturated carbocycles. The third kappa shape index (κ3) is 8.61. The number of hydrogen-bond donors (Lipinski definition) is 3. The van der Waals surface area contributed by atoms with Crippen LogP contribution in [0, 0.1) is 73.9 Å². The van der Waals surface area contributed by atoms with Gasteiger partial charge < -0.3 is 34.7 Å². The van der Waals surface area contributed by atoms with E-state index in [4.69, 9.17) is 18.9 Å². The van der Waals surface area contributed by atoms with Crippen molar-refractivity contribution in [3.63, 3.8) is 0 Å². The Morgan fingerprint density at radius 1 is 0.723 bits per heavy atom. The number of sulfone groups is 1. The first-order valence-corrected chi connectivity index (χ1v) is 27.4. The largest absolute Gasteiger partial charge is 0.481 e. The lowest BCUT2D eigenvalue weighted by atomic mass is 9.32. The quantitative estimate of drug-likeness (QED) is 0.104. The number of carbonyl (C=O) groups is 3. The second-order valence-electron chi connectivity index (χ2n) is 24.8. The fourth-order valence-corrected chi connectivity index (χ4v) is 18.1. The number of nitrogens with one attached hydrogen (secondary N) is 2. The maximum atomic E-state index is 13.7. The number of alkyl carbamates (subject to hydrolysis) is 1. The standard InChI is InChI=1S/C51H85N3O10S/c1-45(2)36(42(55)56)30-37(45)43(57)64-40-14-15-48(6)38(46(40,3)4)13-16-50(8)39(48)11-10-35-41-34(47(5)18-19-47)12-17-51(41,21-20-49(35,50)7)53-32-33(54-22-28-65(59,60)29-23-54)31-52-44(58)63-27-26-62-25-24-61-9/h33-41,53H,10-32H2,1-9H3,(H,52,58)(H,55,56)/t33-,34+,35+,36-,37+,38-,39+,40-,41+,48-,49+,50+,51-/m0/s1. The molecular formula is C51H85N3O10S. The van der Waals surface area contributed by atoms with E-state index in [0.717, 1.165) is 32.1 Å². The number of carboxylic acids is 1. The molecule has 1 heterocycles. The lowest BCUT2D eigenvalue weighted by molar-refractivity contribution is -0.249. The molecule has 0 aromatic heterocycles. The third-order valence-electron chi connectivity index (χ3n) is 21.4. The van der Waals surface area contributed by atoms with E-state index in [1.807, 2.05) is 13.8 Å². The van der Waals surface area contributed by atoms with Crippen LogP contribution in [0.1, 0.15) is 139 Å². The van der Waals surface area contributed by atoms with Crippen LogP contribution in [0.4, 0.5) is 4.79 Å². The SMILES string of the molecule is COCCOCCOC(=O)NC[C@@H](CN[C@]12CC[C@@H](C3(C)CC3)[C@@H]1[C@H]1CC[C@@H]3[C@@]4(C)CC[C@H](OC(=O)[C@H]5C[C@@H](C(=O)O)C5(C)C)C(C)(C)[C@@H]4CC[C@@]3(C)[C@]1(C)CC2)N1CCS(=O)(=O)CC1. The van der Waals surface area contributed by atoms with Gasteiger partial charge in [-0.2, -0.15) is 0 Å². The van der Waals surface area contributed by atoms with Gasteiger partial charge in [-0.3, -0.25) is 14.5 Å². The number of ether oxygens (including phenoxy) is 4. The van der Waals surface area contributed by atoms with Crippen molar-refractivity contribution in [2.75, 3.05) is 71.2 Å². The van der Waals surface area contributed by atoms with E-state index in [-0.39, 0.29) is 69.3 Å². The van der Waals surface area contributed by atoms with Crippen LogP contribution in [0.15, 0.2) is 0 Å². The Kier molecular flexibility index (Phi) is 13.5. The Balaban J connectivity index is 0.982. The molecule has 3 N–H and O–H groups in total. The number of hydrogen-bond acceptors (Lipinski definition) is 11. The molecule has 0 radical (unpaired) electrons. The van der Waals surface area contributed by atoms with Crippen molar-refractivity contribution in [2.45, 2.75) is 157 Å². The number of amides is 1. The molecule has 1 saturated heterocycles. The minimum atomic E-state index is -3.08. The highest BCUT2D eigenvalue weighted by Crippen LogP contribution is 2.78. The van der Waals surface area contributed by atoms with Crippen molar-refractivity contribution in [2.24, 2.45) is 73.9 Å². The van der Waals surface area contributed by atoms with E-state index >= 15 is 0 Å². The molecule has 0 bridgehead atoms. The molecule has 0 aromatic carbocycles. The summed E-state index contributed by atoms with van der Waals surface area (Å²) in [5, 5.41) is 17.1. The third-order valence-corrected chi connectivity index (χ3v) is 23.0. The van der Waals surface area contributed by atoms with Gasteiger partial charge in [0, 0.05) is 50.3 Å². The van der Waals surface area contributed by atoms with Gasteiger partial charge in [0.15, 0.2) is 9.84 Å². The zero-order valence-electron chi connectivity index (χ0n) is 41.4. The maximum Gasteiger partial charge on any atom is 0.407 e. The summed E-state index contributed by atoms with van der Waals surface area (Å²) in [5.41, 5.74) is 0.0630. The number of nitrogens with zero attached hydrogens (tertiary/aromatic N) is 1. The topological polar surface area (TPSA) is 170 Å². The summed E-state index contributed by atoms with van der Waals surface area (Å²) in [4.78, 5) is 40.8. The van der Waals surface area contributed by atoms with Gasteiger partial charge >= 0.3 is 18.0 Å². The fourth-order valence-electron chi connectivity index (χ4n) is 16.8. The molecule has 1 aliphatic heterocycles. The summed E-state index contributed by atoms with van der Waals surface area (Å²) in [6.07, 6.45) is 13.7. The molecule has 8 rings (SSSR count). The summed E-state index contributed by atoms with van der Waals surface area (Å²) >= 11 is 0. The van der Waals surface area contributed by atoms with Crippen LogP contribution in [-0.4, -0.2) is 125 Å². The number of carbonyl (C=O) groups excluding carboxylic acids is 2. The van der Waals surface area contributed by atoms with Crippen LogP contribution in [-0.2, 0) is 38.4 Å². The minimum Gasteiger partial charge on any atom is -0.481 e. The molecule has 8 aliphatic rings. The van der Waals surface area contributed by atoms with Crippen LogP contribution in [0.25, 0.3) is 0 Å². The molecule has 13 nitrogen and oxygen atoms in total. The zero-order valence-corrected chi connectivity index (χ0v) is 42.3. The second kappa shape index (κ2) is 17.8. The van der Waals surface area contributed by atoms with E-state index in [0.29, 0.717) is 87.4 Å². The Labute approximate surface area is 390 Å². The van der Waals surface area contributed by atoms with Gasteiger partial charge in [0.1, 0.15) is 12.7 Å². The summed E-state index contributed by atoms with van der Waals surface area (Å²) < 4.78 is 47.5. The van der Waals surface area contributed by atoms with E-state index in [1.165, 1.54) is 44.9 Å². The predicted octanol–water partition coefficient (Wildman–Crippen LogP) is 7.36. The van der Waals surface area contributed by atoms with Crippen LogP contribution in [0.2, 0.25) is 0 Å². The maximum absolute atomic E-state index is 13.7. The van der Waals surface area contributed by atoms with E-state index in [1.54, 1.807) is 7.11 Å². The molecule has 14 heteroatoms. The van der Waals surface area contributed by atoms with Gasteiger partial charge in [-0.25, -0.2) is 13.2 Å². The van der Waals surface area contributed by atoms with Crippen molar-refractivity contribution >= 4 is 27.9 Å². The van der Waals surface area contributed by atoms with Gasteiger partial charge in [-0.1, -0.05) is 55.4 Å². The Bertz CT molecular complexity index is 1890. The number of rotatable bonds is 16.